The van der Waals surface area contributed by atoms with Crippen LogP contribution < -0.4 is 4.74 Å². The molecule has 11 heteroatoms. The molecule has 2 aliphatic heterocycles. The van der Waals surface area contributed by atoms with Gasteiger partial charge in [-0.3, -0.25) is 9.69 Å². The van der Waals surface area contributed by atoms with E-state index in [-0.39, 0.29) is 11.4 Å². The van der Waals surface area contributed by atoms with Gasteiger partial charge in [-0.25, -0.2) is 4.79 Å². The molecule has 8 nitrogen and oxygen atoms in total. The summed E-state index contributed by atoms with van der Waals surface area (Å²) in [5, 5.41) is 7.12. The van der Waals surface area contributed by atoms with Crippen LogP contribution in [-0.4, -0.2) is 79.6 Å². The summed E-state index contributed by atoms with van der Waals surface area (Å²) in [7, 11) is 3.36. The lowest BCUT2D eigenvalue weighted by Gasteiger charge is -2.35. The molecule has 0 saturated carbocycles. The molecule has 1 saturated heterocycles. The molecule has 39 heavy (non-hydrogen) atoms. The maximum absolute atomic E-state index is 13.4. The number of benzene rings is 2. The van der Waals surface area contributed by atoms with E-state index in [9.17, 15) is 18.0 Å². The molecule has 2 unspecified atom stereocenters. The van der Waals surface area contributed by atoms with E-state index in [1.807, 2.05) is 17.0 Å². The number of hydrogen-bond acceptors (Lipinski definition) is 6. The van der Waals surface area contributed by atoms with E-state index >= 15 is 0 Å². The number of hydrogen-bond donors (Lipinski definition) is 1. The molecule has 0 aliphatic carbocycles. The number of carbonyl (C=O) groups excluding carboxylic acids is 1. The van der Waals surface area contributed by atoms with Crippen LogP contribution >= 0.6 is 0 Å². The number of halogens is 3. The zero-order valence-electron chi connectivity index (χ0n) is 22.4. The van der Waals surface area contributed by atoms with E-state index in [2.05, 4.69) is 48.2 Å². The lowest BCUT2D eigenvalue weighted by Crippen LogP contribution is -2.44. The Hall–Kier alpha value is -3.15. The van der Waals surface area contributed by atoms with E-state index in [1.54, 1.807) is 14.2 Å². The average Bonchev–Trinajstić information content (AvgIpc) is 3.49. The molecule has 214 valence electrons. The van der Waals surface area contributed by atoms with Gasteiger partial charge in [-0.15, -0.1) is 0 Å². The van der Waals surface area contributed by atoms with Crippen LogP contribution in [-0.2, 0) is 37.7 Å². The molecule has 2 aromatic rings. The molecule has 0 bridgehead atoms. The van der Waals surface area contributed by atoms with Crippen LogP contribution in [0.5, 0.6) is 5.75 Å². The molecule has 2 heterocycles. The van der Waals surface area contributed by atoms with Gasteiger partial charge in [0, 0.05) is 39.7 Å². The summed E-state index contributed by atoms with van der Waals surface area (Å²) in [6.45, 7) is 6.09. The fraction of sp³-hybridized carbons (Fsp3) is 0.500. The summed E-state index contributed by atoms with van der Waals surface area (Å²) in [5.41, 5.74) is 3.51. The number of ether oxygens (including phenoxy) is 3. The lowest BCUT2D eigenvalue weighted by molar-refractivity contribution is -0.192. The van der Waals surface area contributed by atoms with E-state index in [1.165, 1.54) is 16.7 Å². The Morgan fingerprint density at radius 1 is 1.15 bits per heavy atom. The molecule has 1 fully saturated rings. The van der Waals surface area contributed by atoms with Crippen LogP contribution in [0.2, 0.25) is 0 Å². The zero-order chi connectivity index (χ0) is 28.6. The second kappa shape index (κ2) is 13.3. The monoisotopic (exact) mass is 552 g/mol. The van der Waals surface area contributed by atoms with Crippen molar-refractivity contribution in [3.8, 4) is 5.75 Å². The molecule has 4 rings (SSSR count). The molecule has 2 aromatic carbocycles. The quantitative estimate of drug-likeness (QED) is 0.499. The number of carboxylic acids is 1. The highest BCUT2D eigenvalue weighted by molar-refractivity contribution is 5.81. The number of alkyl halides is 3. The van der Waals surface area contributed by atoms with Crippen molar-refractivity contribution in [3.63, 3.8) is 0 Å². The number of aliphatic carboxylic acids is 1. The highest BCUT2D eigenvalue weighted by Gasteiger charge is 2.52. The maximum atomic E-state index is 13.4. The Kier molecular flexibility index (Phi) is 10.3. The highest BCUT2D eigenvalue weighted by Crippen LogP contribution is 2.47. The summed E-state index contributed by atoms with van der Waals surface area (Å²) in [5.74, 6) is -1.82. The van der Waals surface area contributed by atoms with Crippen molar-refractivity contribution >= 4 is 11.9 Å². The standard InChI is InChI=1S/C26H34N2O4.C2HF3O2/c1-4-12-27(13-14-30-2)25(29)24-16-26(19-32-24)23-11-6-5-9-21(23)18-28(26)17-20-8-7-10-22(15-20)31-3;3-2(4,5)1(6)7/h5-11,15,24H,4,12-14,16-19H2,1-3H3;(H,6,7). The Morgan fingerprint density at radius 3 is 2.51 bits per heavy atom. The summed E-state index contributed by atoms with van der Waals surface area (Å²) in [6, 6.07) is 16.8. The Morgan fingerprint density at radius 2 is 1.87 bits per heavy atom. The van der Waals surface area contributed by atoms with E-state index < -0.39 is 18.2 Å². The number of carbonyl (C=O) groups is 2. The van der Waals surface area contributed by atoms with Crippen LogP contribution in [0.15, 0.2) is 48.5 Å². The molecule has 1 spiro atoms. The first-order valence-corrected chi connectivity index (χ1v) is 12.7. The number of amides is 1. The molecule has 0 aromatic heterocycles. The molecule has 1 N–H and O–H groups in total. The van der Waals surface area contributed by atoms with E-state index in [0.29, 0.717) is 26.2 Å². The van der Waals surface area contributed by atoms with Gasteiger partial charge in [-0.1, -0.05) is 43.3 Å². The van der Waals surface area contributed by atoms with Crippen molar-refractivity contribution in [1.82, 2.24) is 9.80 Å². The third kappa shape index (κ3) is 7.28. The average molecular weight is 553 g/mol. The number of rotatable bonds is 9. The van der Waals surface area contributed by atoms with Gasteiger partial charge in [0.15, 0.2) is 0 Å². The largest absolute Gasteiger partial charge is 0.497 e. The van der Waals surface area contributed by atoms with Gasteiger partial charge in [0.2, 0.25) is 0 Å². The fourth-order valence-electron chi connectivity index (χ4n) is 5.07. The topological polar surface area (TPSA) is 88.5 Å². The summed E-state index contributed by atoms with van der Waals surface area (Å²) >= 11 is 0. The first-order chi connectivity index (χ1) is 18.6. The first kappa shape index (κ1) is 30.4. The molecule has 1 amide bonds. The third-order valence-electron chi connectivity index (χ3n) is 6.93. The van der Waals surface area contributed by atoms with Crippen LogP contribution in [0.3, 0.4) is 0 Å². The number of fused-ring (bicyclic) bond motifs is 2. The molecular formula is C28H35F3N2O6. The molecule has 2 atom stereocenters. The van der Waals surface area contributed by atoms with Crippen molar-refractivity contribution in [2.24, 2.45) is 0 Å². The van der Waals surface area contributed by atoms with Crippen LogP contribution in [0.25, 0.3) is 0 Å². The van der Waals surface area contributed by atoms with Gasteiger partial charge in [0.05, 0.1) is 25.9 Å². The van der Waals surface area contributed by atoms with Gasteiger partial charge in [-0.2, -0.15) is 13.2 Å². The number of carboxylic acid groups (broad SMARTS) is 1. The van der Waals surface area contributed by atoms with E-state index in [0.717, 1.165) is 31.8 Å². The maximum Gasteiger partial charge on any atom is 0.490 e. The normalized spacial score (nSPS) is 20.3. The Bertz CT molecular complexity index is 1130. The predicted octanol–water partition coefficient (Wildman–Crippen LogP) is 4.21. The second-order valence-electron chi connectivity index (χ2n) is 9.52. The van der Waals surface area contributed by atoms with E-state index in [4.69, 9.17) is 24.1 Å². The van der Waals surface area contributed by atoms with Crippen LogP contribution in [0, 0.1) is 0 Å². The van der Waals surface area contributed by atoms with Gasteiger partial charge < -0.3 is 24.2 Å². The third-order valence-corrected chi connectivity index (χ3v) is 6.93. The Balaban J connectivity index is 0.000000532. The van der Waals surface area contributed by atoms with Crippen molar-refractivity contribution in [2.45, 2.75) is 50.7 Å². The lowest BCUT2D eigenvalue weighted by atomic mass is 9.86. The van der Waals surface area contributed by atoms with Crippen molar-refractivity contribution in [2.75, 3.05) is 40.5 Å². The predicted molar refractivity (Wildman–Crippen MR) is 137 cm³/mol. The number of nitrogens with zero attached hydrogens (tertiary/aromatic N) is 2. The van der Waals surface area contributed by atoms with Gasteiger partial charge in [0.25, 0.3) is 5.91 Å². The smallest absolute Gasteiger partial charge is 0.490 e. The van der Waals surface area contributed by atoms with Gasteiger partial charge in [0.1, 0.15) is 11.9 Å². The summed E-state index contributed by atoms with van der Waals surface area (Å²) < 4.78 is 48.6. The van der Waals surface area contributed by atoms with Gasteiger partial charge in [-0.05, 0) is 35.2 Å². The van der Waals surface area contributed by atoms with Gasteiger partial charge >= 0.3 is 12.1 Å². The first-order valence-electron chi connectivity index (χ1n) is 12.7. The van der Waals surface area contributed by atoms with Crippen molar-refractivity contribution in [3.05, 3.63) is 65.2 Å². The fourth-order valence-corrected chi connectivity index (χ4v) is 5.07. The van der Waals surface area contributed by atoms with Crippen LogP contribution in [0.4, 0.5) is 13.2 Å². The SMILES string of the molecule is CCCN(CCOC)C(=O)C1CC2(CO1)c1ccccc1CN2Cc1cccc(OC)c1.O=C(O)C(F)(F)F. The molecular weight excluding hydrogens is 517 g/mol. The second-order valence-corrected chi connectivity index (χ2v) is 9.52. The minimum atomic E-state index is -5.08. The molecule has 2 aliphatic rings. The zero-order valence-corrected chi connectivity index (χ0v) is 22.4. The van der Waals surface area contributed by atoms with Crippen molar-refractivity contribution < 1.29 is 42.1 Å². The minimum absolute atomic E-state index is 0.0755. The Labute approximate surface area is 226 Å². The number of methoxy groups -OCH3 is 2. The summed E-state index contributed by atoms with van der Waals surface area (Å²) in [6.07, 6.45) is -3.93. The minimum Gasteiger partial charge on any atom is -0.497 e. The molecule has 0 radical (unpaired) electrons. The van der Waals surface area contributed by atoms with Crippen LogP contribution in [0.1, 0.15) is 36.5 Å². The highest BCUT2D eigenvalue weighted by atomic mass is 19.4. The van der Waals surface area contributed by atoms with Crippen molar-refractivity contribution in [1.29, 1.82) is 0 Å². The summed E-state index contributed by atoms with van der Waals surface area (Å²) in [4.78, 5) is 26.6.